The van der Waals surface area contributed by atoms with Crippen LogP contribution in [-0.4, -0.2) is 29.8 Å². The highest BCUT2D eigenvalue weighted by atomic mass is 35.5. The smallest absolute Gasteiger partial charge is 0.254 e. The van der Waals surface area contributed by atoms with Crippen molar-refractivity contribution in [3.8, 4) is 17.2 Å². The summed E-state index contributed by atoms with van der Waals surface area (Å²) in [6, 6.07) is 10.8. The Morgan fingerprint density at radius 2 is 1.78 bits per heavy atom. The summed E-state index contributed by atoms with van der Waals surface area (Å²) >= 11 is 6.38. The van der Waals surface area contributed by atoms with E-state index < -0.39 is 0 Å². The molecule has 4 aliphatic rings. The van der Waals surface area contributed by atoms with Crippen LogP contribution in [0, 0.1) is 23.7 Å². The van der Waals surface area contributed by atoms with E-state index in [1.165, 1.54) is 6.21 Å². The van der Waals surface area contributed by atoms with Gasteiger partial charge in [-0.05, 0) is 59.7 Å². The number of imide groups is 1. The van der Waals surface area contributed by atoms with E-state index in [1.807, 2.05) is 18.2 Å². The van der Waals surface area contributed by atoms with Crippen molar-refractivity contribution >= 4 is 29.6 Å². The number of halogens is 1. The molecule has 162 valence electrons. The highest BCUT2D eigenvalue weighted by Crippen LogP contribution is 2.52. The number of amides is 2. The van der Waals surface area contributed by atoms with Gasteiger partial charge in [0.05, 0.1) is 23.1 Å². The summed E-state index contributed by atoms with van der Waals surface area (Å²) < 4.78 is 16.5. The van der Waals surface area contributed by atoms with E-state index in [0.717, 1.165) is 22.7 Å². The number of fused-ring (bicyclic) bond motifs is 6. The highest BCUT2D eigenvalue weighted by Gasteiger charge is 2.59. The Balaban J connectivity index is 1.13. The second-order valence-corrected chi connectivity index (χ2v) is 8.81. The molecule has 8 heteroatoms. The fourth-order valence-electron chi connectivity index (χ4n) is 5.03. The minimum Gasteiger partial charge on any atom is -0.487 e. The molecule has 0 N–H and O–H groups in total. The van der Waals surface area contributed by atoms with Crippen molar-refractivity contribution in [1.29, 1.82) is 0 Å². The number of ether oxygens (including phenoxy) is 3. The van der Waals surface area contributed by atoms with Gasteiger partial charge in [0.1, 0.15) is 12.4 Å². The zero-order valence-corrected chi connectivity index (χ0v) is 17.7. The number of benzene rings is 2. The van der Waals surface area contributed by atoms with Crippen LogP contribution >= 0.6 is 11.6 Å². The van der Waals surface area contributed by atoms with E-state index in [9.17, 15) is 9.59 Å². The third-order valence-electron chi connectivity index (χ3n) is 6.56. The number of carbonyl (C=O) groups is 2. The largest absolute Gasteiger partial charge is 0.487 e. The molecule has 1 saturated carbocycles. The van der Waals surface area contributed by atoms with Crippen LogP contribution in [0.1, 0.15) is 17.5 Å². The molecule has 2 bridgehead atoms. The fraction of sp³-hybridized carbons (Fsp3) is 0.292. The first-order chi connectivity index (χ1) is 15.6. The van der Waals surface area contributed by atoms with Crippen LogP contribution in [-0.2, 0) is 16.2 Å². The van der Waals surface area contributed by atoms with E-state index in [1.54, 1.807) is 18.2 Å². The molecule has 7 nitrogen and oxygen atoms in total. The molecule has 6 rings (SSSR count). The monoisotopic (exact) mass is 450 g/mol. The summed E-state index contributed by atoms with van der Waals surface area (Å²) in [5, 5.41) is 5.63. The van der Waals surface area contributed by atoms with Gasteiger partial charge in [-0.25, -0.2) is 0 Å². The van der Waals surface area contributed by atoms with E-state index in [-0.39, 0.29) is 42.3 Å². The lowest BCUT2D eigenvalue weighted by Crippen LogP contribution is -2.28. The normalized spacial score (nSPS) is 27.1. The van der Waals surface area contributed by atoms with Crippen LogP contribution in [0.5, 0.6) is 17.2 Å². The van der Waals surface area contributed by atoms with Crippen molar-refractivity contribution in [3.05, 3.63) is 64.7 Å². The van der Waals surface area contributed by atoms with Crippen LogP contribution in [0.25, 0.3) is 0 Å². The van der Waals surface area contributed by atoms with E-state index in [0.29, 0.717) is 28.7 Å². The molecule has 0 radical (unpaired) electrons. The lowest BCUT2D eigenvalue weighted by atomic mass is 9.85. The van der Waals surface area contributed by atoms with Gasteiger partial charge in [0, 0.05) is 0 Å². The maximum absolute atomic E-state index is 12.7. The van der Waals surface area contributed by atoms with Gasteiger partial charge in [0.2, 0.25) is 6.79 Å². The first kappa shape index (κ1) is 19.4. The van der Waals surface area contributed by atoms with Gasteiger partial charge in [-0.2, -0.15) is 10.1 Å². The van der Waals surface area contributed by atoms with Crippen LogP contribution in [0.3, 0.4) is 0 Å². The Morgan fingerprint density at radius 1 is 1.03 bits per heavy atom. The zero-order chi connectivity index (χ0) is 21.8. The van der Waals surface area contributed by atoms with Crippen molar-refractivity contribution in [2.45, 2.75) is 13.0 Å². The predicted octanol–water partition coefficient (Wildman–Crippen LogP) is 3.79. The summed E-state index contributed by atoms with van der Waals surface area (Å²) in [5.74, 6) is 1.34. The molecule has 4 atom stereocenters. The third kappa shape index (κ3) is 3.07. The average molecular weight is 451 g/mol. The van der Waals surface area contributed by atoms with Gasteiger partial charge < -0.3 is 14.2 Å². The van der Waals surface area contributed by atoms with Crippen molar-refractivity contribution in [2.75, 3.05) is 6.79 Å². The molecule has 0 aromatic heterocycles. The van der Waals surface area contributed by atoms with Gasteiger partial charge in [-0.15, -0.1) is 0 Å². The second-order valence-electron chi connectivity index (χ2n) is 8.40. The van der Waals surface area contributed by atoms with Gasteiger partial charge in [-0.3, -0.25) is 9.59 Å². The number of rotatable bonds is 5. The summed E-state index contributed by atoms with van der Waals surface area (Å²) in [6.07, 6.45) is 6.51. The minimum absolute atomic E-state index is 0.164. The molecular weight excluding hydrogens is 432 g/mol. The van der Waals surface area contributed by atoms with Gasteiger partial charge in [0.25, 0.3) is 11.8 Å². The summed E-state index contributed by atoms with van der Waals surface area (Å²) in [7, 11) is 0. The molecule has 1 saturated heterocycles. The summed E-state index contributed by atoms with van der Waals surface area (Å²) in [5.41, 5.74) is 1.60. The molecule has 2 heterocycles. The molecule has 4 unspecified atom stereocenters. The highest BCUT2D eigenvalue weighted by molar-refractivity contribution is 6.32. The standard InChI is InChI=1S/C24H19ClN2O5/c25-17-7-13(1-5-18(17)30-11-14-2-6-19-20(8-14)32-12-31-19)10-26-27-23(28)21-15-3-4-16(9-15)22(21)24(27)29/h1-8,10,15-16,21-22H,9,11-12H2. The van der Waals surface area contributed by atoms with Crippen LogP contribution in [0.2, 0.25) is 5.02 Å². The SMILES string of the molecule is O=C1C2C3C=CC(C3)C2C(=O)N1N=Cc1ccc(OCc2ccc3c(c2)OCO3)c(Cl)c1. The van der Waals surface area contributed by atoms with Crippen molar-refractivity contribution in [2.24, 2.45) is 28.8 Å². The number of allylic oxidation sites excluding steroid dienone is 2. The third-order valence-corrected chi connectivity index (χ3v) is 6.85. The Kier molecular flexibility index (Phi) is 4.47. The van der Waals surface area contributed by atoms with Crippen LogP contribution < -0.4 is 14.2 Å². The molecule has 2 aliphatic heterocycles. The fourth-order valence-corrected chi connectivity index (χ4v) is 5.27. The van der Waals surface area contributed by atoms with Crippen LogP contribution in [0.4, 0.5) is 0 Å². The van der Waals surface area contributed by atoms with Crippen molar-refractivity contribution in [3.63, 3.8) is 0 Å². The number of nitrogens with zero attached hydrogens (tertiary/aromatic N) is 2. The van der Waals surface area contributed by atoms with E-state index in [2.05, 4.69) is 17.3 Å². The molecule has 2 fully saturated rings. The Morgan fingerprint density at radius 3 is 2.53 bits per heavy atom. The second kappa shape index (κ2) is 7.38. The van der Waals surface area contributed by atoms with Gasteiger partial charge in [0.15, 0.2) is 11.5 Å². The van der Waals surface area contributed by atoms with E-state index >= 15 is 0 Å². The summed E-state index contributed by atoms with van der Waals surface area (Å²) in [4.78, 5) is 25.4. The van der Waals surface area contributed by atoms with Crippen LogP contribution in [0.15, 0.2) is 53.7 Å². The molecule has 2 amide bonds. The molecule has 32 heavy (non-hydrogen) atoms. The lowest BCUT2D eigenvalue weighted by Gasteiger charge is -2.13. The van der Waals surface area contributed by atoms with Crippen molar-refractivity contribution in [1.82, 2.24) is 5.01 Å². The Hall–Kier alpha value is -3.32. The lowest BCUT2D eigenvalue weighted by molar-refractivity contribution is -0.140. The van der Waals surface area contributed by atoms with Gasteiger partial charge >= 0.3 is 0 Å². The maximum atomic E-state index is 12.7. The quantitative estimate of drug-likeness (QED) is 0.393. The minimum atomic E-state index is -0.259. The Labute approximate surface area is 189 Å². The first-order valence-electron chi connectivity index (χ1n) is 10.5. The number of hydrogen-bond donors (Lipinski definition) is 0. The molecule has 2 aliphatic carbocycles. The molecular formula is C24H19ClN2O5. The number of carbonyl (C=O) groups excluding carboxylic acids is 2. The van der Waals surface area contributed by atoms with Crippen molar-refractivity contribution < 1.29 is 23.8 Å². The maximum Gasteiger partial charge on any atom is 0.254 e. The zero-order valence-electron chi connectivity index (χ0n) is 16.9. The molecule has 0 spiro atoms. The van der Waals surface area contributed by atoms with Gasteiger partial charge in [-0.1, -0.05) is 29.8 Å². The van der Waals surface area contributed by atoms with E-state index in [4.69, 9.17) is 25.8 Å². The molecule has 2 aromatic rings. The average Bonchev–Trinajstić information content (AvgIpc) is 3.56. The number of hydrazone groups is 1. The Bertz CT molecular complexity index is 1160. The molecule has 2 aromatic carbocycles. The summed E-state index contributed by atoms with van der Waals surface area (Å²) in [6.45, 7) is 0.544. The first-order valence-corrected chi connectivity index (χ1v) is 10.9. The predicted molar refractivity (Wildman–Crippen MR) is 116 cm³/mol. The number of hydrogen-bond acceptors (Lipinski definition) is 6. The topological polar surface area (TPSA) is 77.4 Å².